The number of aryl methyl sites for hydroxylation is 1. The van der Waals surface area contributed by atoms with E-state index >= 15 is 0 Å². The number of hydrogen-bond donors (Lipinski definition) is 2. The number of carbonyl (C=O) groups excluding carboxylic acids is 2. The van der Waals surface area contributed by atoms with E-state index in [1.165, 1.54) is 18.1 Å². The van der Waals surface area contributed by atoms with Gasteiger partial charge in [-0.2, -0.15) is 0 Å². The van der Waals surface area contributed by atoms with Crippen LogP contribution in [-0.4, -0.2) is 29.1 Å². The van der Waals surface area contributed by atoms with Crippen LogP contribution in [0.3, 0.4) is 0 Å². The third kappa shape index (κ3) is 4.11. The van der Waals surface area contributed by atoms with Crippen molar-refractivity contribution in [2.24, 2.45) is 0 Å². The van der Waals surface area contributed by atoms with Gasteiger partial charge in [0.05, 0.1) is 12.8 Å². The fourth-order valence-electron chi connectivity index (χ4n) is 3.18. The Hall–Kier alpha value is -3.45. The van der Waals surface area contributed by atoms with Gasteiger partial charge in [-0.1, -0.05) is 25.1 Å². The molecular weight excluding hydrogens is 400 g/mol. The van der Waals surface area contributed by atoms with E-state index in [0.29, 0.717) is 23.2 Å². The Balaban J connectivity index is 2.04. The van der Waals surface area contributed by atoms with Crippen LogP contribution in [0.4, 0.5) is 5.69 Å². The van der Waals surface area contributed by atoms with Crippen LogP contribution in [0.1, 0.15) is 23.6 Å². The molecule has 2 amide bonds. The number of carbonyl (C=O) groups is 2. The molecule has 1 saturated heterocycles. The minimum absolute atomic E-state index is 0.00205. The van der Waals surface area contributed by atoms with Gasteiger partial charge in [0.2, 0.25) is 0 Å². The fourth-order valence-corrected chi connectivity index (χ4v) is 3.46. The molecule has 2 aromatic rings. The molecule has 0 bridgehead atoms. The highest BCUT2D eigenvalue weighted by atomic mass is 32.1. The predicted molar refractivity (Wildman–Crippen MR) is 121 cm³/mol. The van der Waals surface area contributed by atoms with E-state index in [1.807, 2.05) is 19.1 Å². The number of methoxy groups -OCH3 is 1. The van der Waals surface area contributed by atoms with Gasteiger partial charge in [0.15, 0.2) is 16.6 Å². The van der Waals surface area contributed by atoms with E-state index in [9.17, 15) is 14.7 Å². The Morgan fingerprint density at radius 3 is 2.53 bits per heavy atom. The van der Waals surface area contributed by atoms with E-state index in [1.54, 1.807) is 30.3 Å². The lowest BCUT2D eigenvalue weighted by Gasteiger charge is -2.29. The highest BCUT2D eigenvalue weighted by Crippen LogP contribution is 2.33. The summed E-state index contributed by atoms with van der Waals surface area (Å²) in [6.07, 6.45) is 4.38. The molecular formula is C23H22N2O4S. The second-order valence-corrected chi connectivity index (χ2v) is 7.09. The quantitative estimate of drug-likeness (QED) is 0.322. The number of phenolic OH excluding ortho intramolecular Hbond substituents is 1. The number of anilines is 1. The number of phenols is 1. The van der Waals surface area contributed by atoms with Crippen LogP contribution < -0.4 is 15.0 Å². The lowest BCUT2D eigenvalue weighted by atomic mass is 10.0. The summed E-state index contributed by atoms with van der Waals surface area (Å²) in [5, 5.41) is 12.9. The molecule has 3 rings (SSSR count). The molecule has 0 atom stereocenters. The van der Waals surface area contributed by atoms with Gasteiger partial charge in [-0.3, -0.25) is 19.8 Å². The maximum absolute atomic E-state index is 13.2. The van der Waals surface area contributed by atoms with Gasteiger partial charge in [-0.25, -0.2) is 0 Å². The van der Waals surface area contributed by atoms with Gasteiger partial charge >= 0.3 is 0 Å². The first kappa shape index (κ1) is 21.3. The molecule has 1 aliphatic heterocycles. The van der Waals surface area contributed by atoms with E-state index in [4.69, 9.17) is 17.0 Å². The number of thiocarbonyl (C=S) groups is 1. The first-order valence-corrected chi connectivity index (χ1v) is 9.81. The van der Waals surface area contributed by atoms with Crippen molar-refractivity contribution in [3.8, 4) is 11.5 Å². The summed E-state index contributed by atoms with van der Waals surface area (Å²) >= 11 is 5.24. The van der Waals surface area contributed by atoms with Crippen molar-refractivity contribution in [2.75, 3.05) is 12.0 Å². The normalized spacial score (nSPS) is 15.3. The Morgan fingerprint density at radius 2 is 1.93 bits per heavy atom. The monoisotopic (exact) mass is 422 g/mol. The number of nitrogens with zero attached hydrogens (tertiary/aromatic N) is 1. The van der Waals surface area contributed by atoms with Crippen molar-refractivity contribution in [1.29, 1.82) is 0 Å². The van der Waals surface area contributed by atoms with Gasteiger partial charge < -0.3 is 9.84 Å². The Kier molecular flexibility index (Phi) is 6.32. The number of ether oxygens (including phenoxy) is 1. The van der Waals surface area contributed by atoms with Crippen molar-refractivity contribution in [2.45, 2.75) is 19.8 Å². The zero-order chi connectivity index (χ0) is 21.8. The van der Waals surface area contributed by atoms with Gasteiger partial charge in [0.25, 0.3) is 11.8 Å². The molecule has 2 N–H and O–H groups in total. The average molecular weight is 423 g/mol. The zero-order valence-corrected chi connectivity index (χ0v) is 17.6. The molecule has 154 valence electrons. The number of allylic oxidation sites excluding steroid dienone is 1. The fraction of sp³-hybridized carbons (Fsp3) is 0.174. The van der Waals surface area contributed by atoms with Gasteiger partial charge in [0, 0.05) is 5.56 Å². The number of aromatic hydroxyl groups is 1. The molecule has 0 spiro atoms. The van der Waals surface area contributed by atoms with Gasteiger partial charge in [0.1, 0.15) is 5.57 Å². The van der Waals surface area contributed by atoms with Crippen LogP contribution in [0, 0.1) is 0 Å². The maximum Gasteiger partial charge on any atom is 0.270 e. The van der Waals surface area contributed by atoms with Crippen LogP contribution in [0.2, 0.25) is 0 Å². The highest BCUT2D eigenvalue weighted by molar-refractivity contribution is 7.80. The number of rotatable bonds is 6. The van der Waals surface area contributed by atoms with Gasteiger partial charge in [-0.05, 0) is 66.5 Å². The summed E-state index contributed by atoms with van der Waals surface area (Å²) in [5.74, 6) is -0.862. The lowest BCUT2D eigenvalue weighted by Crippen LogP contribution is -2.54. The highest BCUT2D eigenvalue weighted by Gasteiger charge is 2.34. The molecule has 6 nitrogen and oxygen atoms in total. The van der Waals surface area contributed by atoms with E-state index in [-0.39, 0.29) is 22.2 Å². The second kappa shape index (κ2) is 8.92. The summed E-state index contributed by atoms with van der Waals surface area (Å²) in [6, 6.07) is 10.7. The molecule has 30 heavy (non-hydrogen) atoms. The second-order valence-electron chi connectivity index (χ2n) is 6.70. The standard InChI is InChI=1S/C23H22N2O4S/c1-4-6-16-11-15(13-19(29-3)20(16)26)12-18-21(27)24-23(30)25(22(18)28)17-9-7-14(5-2)8-10-17/h4,7-13,26H,1,5-6H2,2-3H3,(H,24,27,30)/b18-12+. The summed E-state index contributed by atoms with van der Waals surface area (Å²) < 4.78 is 5.21. The predicted octanol–water partition coefficient (Wildman–Crippen LogP) is 3.52. The first-order valence-electron chi connectivity index (χ1n) is 9.40. The van der Waals surface area contributed by atoms with E-state index < -0.39 is 11.8 Å². The molecule has 2 aromatic carbocycles. The molecule has 0 unspecified atom stereocenters. The molecule has 1 fully saturated rings. The Labute approximate surface area is 180 Å². The molecule has 7 heteroatoms. The third-order valence-electron chi connectivity index (χ3n) is 4.78. The third-order valence-corrected chi connectivity index (χ3v) is 5.06. The van der Waals surface area contributed by atoms with E-state index in [0.717, 1.165) is 12.0 Å². The topological polar surface area (TPSA) is 78.9 Å². The minimum Gasteiger partial charge on any atom is -0.504 e. The molecule has 1 heterocycles. The molecule has 0 radical (unpaired) electrons. The van der Waals surface area contributed by atoms with Crippen molar-refractivity contribution in [3.05, 3.63) is 71.3 Å². The number of hydrogen-bond acceptors (Lipinski definition) is 5. The van der Waals surface area contributed by atoms with E-state index in [2.05, 4.69) is 11.9 Å². The minimum atomic E-state index is -0.580. The zero-order valence-electron chi connectivity index (χ0n) is 16.8. The molecule has 0 aromatic heterocycles. The van der Waals surface area contributed by atoms with Crippen LogP contribution >= 0.6 is 12.2 Å². The van der Waals surface area contributed by atoms with Crippen LogP contribution in [0.15, 0.2) is 54.6 Å². The van der Waals surface area contributed by atoms with Crippen LogP contribution in [0.25, 0.3) is 6.08 Å². The largest absolute Gasteiger partial charge is 0.504 e. The number of nitrogens with one attached hydrogen (secondary N) is 1. The molecule has 0 saturated carbocycles. The van der Waals surface area contributed by atoms with Crippen molar-refractivity contribution in [3.63, 3.8) is 0 Å². The maximum atomic E-state index is 13.2. The molecule has 1 aliphatic rings. The summed E-state index contributed by atoms with van der Waals surface area (Å²) in [4.78, 5) is 27.0. The Morgan fingerprint density at radius 1 is 1.23 bits per heavy atom. The first-order chi connectivity index (χ1) is 14.4. The smallest absolute Gasteiger partial charge is 0.270 e. The van der Waals surface area contributed by atoms with Crippen molar-refractivity contribution < 1.29 is 19.4 Å². The summed E-state index contributed by atoms with van der Waals surface area (Å²) in [6.45, 7) is 5.72. The summed E-state index contributed by atoms with van der Waals surface area (Å²) in [7, 11) is 1.43. The molecule has 0 aliphatic carbocycles. The van der Waals surface area contributed by atoms with Crippen LogP contribution in [-0.2, 0) is 22.4 Å². The van der Waals surface area contributed by atoms with Crippen molar-refractivity contribution >= 4 is 40.9 Å². The number of benzene rings is 2. The average Bonchev–Trinajstić information content (AvgIpc) is 2.73. The lowest BCUT2D eigenvalue weighted by molar-refractivity contribution is -0.122. The Bertz CT molecular complexity index is 1060. The van der Waals surface area contributed by atoms with Gasteiger partial charge in [-0.15, -0.1) is 6.58 Å². The van der Waals surface area contributed by atoms with Crippen molar-refractivity contribution in [1.82, 2.24) is 5.32 Å². The summed E-state index contributed by atoms with van der Waals surface area (Å²) in [5.41, 5.74) is 2.74. The number of amides is 2. The SMILES string of the molecule is C=CCc1cc(/C=C2\C(=O)NC(=S)N(c3ccc(CC)cc3)C2=O)cc(OC)c1O. The van der Waals surface area contributed by atoms with Crippen LogP contribution in [0.5, 0.6) is 11.5 Å².